The molecular formula is C14H21NO2. The van der Waals surface area contributed by atoms with Crippen molar-refractivity contribution in [2.24, 2.45) is 5.73 Å². The lowest BCUT2D eigenvalue weighted by atomic mass is 10.1. The first-order valence-corrected chi connectivity index (χ1v) is 6.31. The first-order valence-electron chi connectivity index (χ1n) is 6.31. The Labute approximate surface area is 103 Å². The number of ether oxygens (including phenoxy) is 2. The molecule has 17 heavy (non-hydrogen) atoms. The average Bonchev–Trinajstić information content (AvgIpc) is 2.81. The molecular weight excluding hydrogens is 214 g/mol. The van der Waals surface area contributed by atoms with Gasteiger partial charge in [0.2, 0.25) is 0 Å². The number of hydrogen-bond acceptors (Lipinski definition) is 3. The van der Waals surface area contributed by atoms with E-state index in [-0.39, 0.29) is 6.04 Å². The van der Waals surface area contributed by atoms with Crippen LogP contribution in [0.15, 0.2) is 18.2 Å². The van der Waals surface area contributed by atoms with Crippen molar-refractivity contribution >= 4 is 0 Å². The Morgan fingerprint density at radius 2 is 2.00 bits per heavy atom. The smallest absolute Gasteiger partial charge is 0.128 e. The summed E-state index contributed by atoms with van der Waals surface area (Å²) in [4.78, 5) is 0. The van der Waals surface area contributed by atoms with Crippen molar-refractivity contribution < 1.29 is 9.47 Å². The lowest BCUT2D eigenvalue weighted by Crippen LogP contribution is -2.14. The van der Waals surface area contributed by atoms with Crippen molar-refractivity contribution in [1.82, 2.24) is 0 Å². The standard InChI is InChI=1S/C14H21NO2/c1-10(15)13-8-7-12(16-2)9-14(13)17-11-5-3-4-6-11/h7-11H,3-6,15H2,1-2H3. The molecule has 1 aliphatic carbocycles. The SMILES string of the molecule is COc1ccc(C(C)N)c(OC2CCCC2)c1. The molecule has 0 heterocycles. The second kappa shape index (κ2) is 5.41. The van der Waals surface area contributed by atoms with E-state index < -0.39 is 0 Å². The van der Waals surface area contributed by atoms with Gasteiger partial charge in [-0.15, -0.1) is 0 Å². The monoisotopic (exact) mass is 235 g/mol. The van der Waals surface area contributed by atoms with E-state index in [1.165, 1.54) is 12.8 Å². The highest BCUT2D eigenvalue weighted by Gasteiger charge is 2.19. The van der Waals surface area contributed by atoms with Crippen LogP contribution in [0.2, 0.25) is 0 Å². The Bertz CT molecular complexity index is 370. The highest BCUT2D eigenvalue weighted by Crippen LogP contribution is 2.32. The summed E-state index contributed by atoms with van der Waals surface area (Å²) < 4.78 is 11.3. The second-order valence-electron chi connectivity index (χ2n) is 4.72. The molecule has 0 aliphatic heterocycles. The maximum atomic E-state index is 6.05. The average molecular weight is 235 g/mol. The minimum absolute atomic E-state index is 0.0164. The number of rotatable bonds is 4. The normalized spacial score (nSPS) is 18.1. The summed E-state index contributed by atoms with van der Waals surface area (Å²) in [5.41, 5.74) is 7.01. The van der Waals surface area contributed by atoms with E-state index in [1.54, 1.807) is 7.11 Å². The van der Waals surface area contributed by atoms with Gasteiger partial charge in [-0.25, -0.2) is 0 Å². The topological polar surface area (TPSA) is 44.5 Å². The molecule has 1 aliphatic rings. The van der Waals surface area contributed by atoms with Crippen molar-refractivity contribution in [3.63, 3.8) is 0 Å². The molecule has 3 nitrogen and oxygen atoms in total. The summed E-state index contributed by atoms with van der Waals surface area (Å²) in [6.45, 7) is 1.98. The molecule has 0 amide bonds. The van der Waals surface area contributed by atoms with Gasteiger partial charge in [-0.05, 0) is 38.7 Å². The molecule has 2 rings (SSSR count). The first-order chi connectivity index (χ1) is 8.20. The van der Waals surface area contributed by atoms with Crippen LogP contribution in [0, 0.1) is 0 Å². The minimum Gasteiger partial charge on any atom is -0.497 e. The predicted octanol–water partition coefficient (Wildman–Crippen LogP) is 3.04. The van der Waals surface area contributed by atoms with Crippen LogP contribution in [0.25, 0.3) is 0 Å². The van der Waals surface area contributed by atoms with E-state index in [4.69, 9.17) is 15.2 Å². The fourth-order valence-electron chi connectivity index (χ4n) is 2.31. The van der Waals surface area contributed by atoms with Gasteiger partial charge in [0.25, 0.3) is 0 Å². The fourth-order valence-corrected chi connectivity index (χ4v) is 2.31. The van der Waals surface area contributed by atoms with Crippen LogP contribution >= 0.6 is 0 Å². The van der Waals surface area contributed by atoms with Gasteiger partial charge in [-0.1, -0.05) is 6.07 Å². The molecule has 2 N–H and O–H groups in total. The van der Waals surface area contributed by atoms with Crippen LogP contribution in [-0.4, -0.2) is 13.2 Å². The van der Waals surface area contributed by atoms with Gasteiger partial charge >= 0.3 is 0 Å². The number of benzene rings is 1. The molecule has 3 heteroatoms. The molecule has 0 bridgehead atoms. The van der Waals surface area contributed by atoms with Crippen molar-refractivity contribution in [1.29, 1.82) is 0 Å². The molecule has 0 aromatic heterocycles. The van der Waals surface area contributed by atoms with Crippen molar-refractivity contribution in [3.05, 3.63) is 23.8 Å². The van der Waals surface area contributed by atoms with Crippen LogP contribution in [0.1, 0.15) is 44.2 Å². The second-order valence-corrected chi connectivity index (χ2v) is 4.72. The van der Waals surface area contributed by atoms with E-state index in [0.717, 1.165) is 29.9 Å². The van der Waals surface area contributed by atoms with Gasteiger partial charge in [-0.3, -0.25) is 0 Å². The zero-order valence-corrected chi connectivity index (χ0v) is 10.6. The molecule has 0 spiro atoms. The minimum atomic E-state index is -0.0164. The van der Waals surface area contributed by atoms with E-state index in [9.17, 15) is 0 Å². The summed E-state index contributed by atoms with van der Waals surface area (Å²) >= 11 is 0. The van der Waals surface area contributed by atoms with Crippen LogP contribution < -0.4 is 15.2 Å². The summed E-state index contributed by atoms with van der Waals surface area (Å²) in [7, 11) is 1.67. The van der Waals surface area contributed by atoms with Crippen LogP contribution in [0.5, 0.6) is 11.5 Å². The van der Waals surface area contributed by atoms with Gasteiger partial charge in [0.1, 0.15) is 11.5 Å². The van der Waals surface area contributed by atoms with Crippen LogP contribution in [0.4, 0.5) is 0 Å². The van der Waals surface area contributed by atoms with Gasteiger partial charge in [-0.2, -0.15) is 0 Å². The zero-order valence-electron chi connectivity index (χ0n) is 10.6. The summed E-state index contributed by atoms with van der Waals surface area (Å²) in [5, 5.41) is 0. The largest absolute Gasteiger partial charge is 0.497 e. The Kier molecular flexibility index (Phi) is 3.89. The first kappa shape index (κ1) is 12.2. The molecule has 1 unspecified atom stereocenters. The Morgan fingerprint density at radius 3 is 2.59 bits per heavy atom. The summed E-state index contributed by atoms with van der Waals surface area (Å²) in [6, 6.07) is 5.85. The summed E-state index contributed by atoms with van der Waals surface area (Å²) in [6.07, 6.45) is 5.18. The van der Waals surface area contributed by atoms with E-state index in [2.05, 4.69) is 0 Å². The van der Waals surface area contributed by atoms with Gasteiger partial charge in [0.05, 0.1) is 13.2 Å². The number of nitrogens with two attached hydrogens (primary N) is 1. The Hall–Kier alpha value is -1.22. The van der Waals surface area contributed by atoms with E-state index in [1.807, 2.05) is 25.1 Å². The summed E-state index contributed by atoms with van der Waals surface area (Å²) in [5.74, 6) is 1.70. The molecule has 1 aromatic rings. The molecule has 1 aromatic carbocycles. The van der Waals surface area contributed by atoms with Crippen LogP contribution in [-0.2, 0) is 0 Å². The third-order valence-electron chi connectivity index (χ3n) is 3.31. The van der Waals surface area contributed by atoms with Gasteiger partial charge < -0.3 is 15.2 Å². The van der Waals surface area contributed by atoms with E-state index in [0.29, 0.717) is 6.10 Å². The third kappa shape index (κ3) is 2.91. The lowest BCUT2D eigenvalue weighted by molar-refractivity contribution is 0.206. The van der Waals surface area contributed by atoms with Gasteiger partial charge in [0.15, 0.2) is 0 Å². The Morgan fingerprint density at radius 1 is 1.29 bits per heavy atom. The molecule has 1 fully saturated rings. The van der Waals surface area contributed by atoms with Crippen LogP contribution in [0.3, 0.4) is 0 Å². The van der Waals surface area contributed by atoms with Gasteiger partial charge in [0, 0.05) is 17.7 Å². The van der Waals surface area contributed by atoms with E-state index >= 15 is 0 Å². The quantitative estimate of drug-likeness (QED) is 0.872. The predicted molar refractivity (Wildman–Crippen MR) is 68.5 cm³/mol. The maximum absolute atomic E-state index is 6.05. The van der Waals surface area contributed by atoms with Crippen molar-refractivity contribution in [3.8, 4) is 11.5 Å². The maximum Gasteiger partial charge on any atom is 0.128 e. The highest BCUT2D eigenvalue weighted by molar-refractivity contribution is 5.42. The highest BCUT2D eigenvalue weighted by atomic mass is 16.5. The molecule has 1 atom stereocenters. The zero-order chi connectivity index (χ0) is 12.3. The molecule has 94 valence electrons. The lowest BCUT2D eigenvalue weighted by Gasteiger charge is -2.19. The third-order valence-corrected chi connectivity index (χ3v) is 3.31. The molecule has 1 saturated carbocycles. The number of methoxy groups -OCH3 is 1. The fraction of sp³-hybridized carbons (Fsp3) is 0.571. The van der Waals surface area contributed by atoms with Crippen molar-refractivity contribution in [2.45, 2.75) is 44.8 Å². The molecule has 0 saturated heterocycles. The number of hydrogen-bond donors (Lipinski definition) is 1. The van der Waals surface area contributed by atoms with Crippen molar-refractivity contribution in [2.75, 3.05) is 7.11 Å². The molecule has 0 radical (unpaired) electrons. The Balaban J connectivity index is 2.21.